The Morgan fingerprint density at radius 3 is 2.38 bits per heavy atom. The maximum Gasteiger partial charge on any atom is 0.00703 e. The molecular formula is C12H23N. The molecule has 0 fully saturated rings. The van der Waals surface area contributed by atoms with Crippen molar-refractivity contribution in [1.82, 2.24) is 5.32 Å². The van der Waals surface area contributed by atoms with Crippen molar-refractivity contribution in [3.8, 4) is 0 Å². The van der Waals surface area contributed by atoms with Crippen LogP contribution in [0.15, 0.2) is 24.3 Å². The van der Waals surface area contributed by atoms with Crippen LogP contribution in [-0.2, 0) is 0 Å². The molecule has 1 atom stereocenters. The van der Waals surface area contributed by atoms with Crippen molar-refractivity contribution >= 4 is 0 Å². The topological polar surface area (TPSA) is 12.0 Å². The minimum absolute atomic E-state index is 0.194. The van der Waals surface area contributed by atoms with Gasteiger partial charge in [-0.1, -0.05) is 45.1 Å². The summed E-state index contributed by atoms with van der Waals surface area (Å²) in [5, 5.41) is 3.20. The first-order valence-electron chi connectivity index (χ1n) is 4.91. The van der Waals surface area contributed by atoms with Crippen LogP contribution in [0.25, 0.3) is 0 Å². The summed E-state index contributed by atoms with van der Waals surface area (Å²) in [6.07, 6.45) is 5.38. The van der Waals surface area contributed by atoms with Gasteiger partial charge in [-0.05, 0) is 25.8 Å². The molecular weight excluding hydrogens is 158 g/mol. The van der Waals surface area contributed by atoms with Crippen LogP contribution in [0.4, 0.5) is 0 Å². The van der Waals surface area contributed by atoms with Crippen molar-refractivity contribution < 1.29 is 0 Å². The van der Waals surface area contributed by atoms with E-state index >= 15 is 0 Å². The van der Waals surface area contributed by atoms with E-state index < -0.39 is 0 Å². The van der Waals surface area contributed by atoms with Crippen LogP contribution in [0.2, 0.25) is 0 Å². The summed E-state index contributed by atoms with van der Waals surface area (Å²) in [6.45, 7) is 12.8. The summed E-state index contributed by atoms with van der Waals surface area (Å²) >= 11 is 0. The highest BCUT2D eigenvalue weighted by Crippen LogP contribution is 2.24. The van der Waals surface area contributed by atoms with Crippen LogP contribution in [0, 0.1) is 5.41 Å². The van der Waals surface area contributed by atoms with Gasteiger partial charge in [0.1, 0.15) is 0 Å². The van der Waals surface area contributed by atoms with Crippen molar-refractivity contribution in [2.45, 2.75) is 40.2 Å². The summed E-state index contributed by atoms with van der Waals surface area (Å²) in [5.41, 5.74) is 1.38. The first-order chi connectivity index (χ1) is 5.88. The number of nitrogens with one attached hydrogen (secondary N) is 1. The molecule has 1 heteroatoms. The highest BCUT2D eigenvalue weighted by Gasteiger charge is 2.11. The minimum atomic E-state index is 0.194. The Morgan fingerprint density at radius 2 is 2.00 bits per heavy atom. The molecule has 0 bridgehead atoms. The lowest BCUT2D eigenvalue weighted by molar-refractivity contribution is 0.518. The van der Waals surface area contributed by atoms with Crippen LogP contribution >= 0.6 is 0 Å². The molecule has 0 radical (unpaired) electrons. The van der Waals surface area contributed by atoms with Gasteiger partial charge in [-0.25, -0.2) is 0 Å². The molecule has 13 heavy (non-hydrogen) atoms. The maximum atomic E-state index is 4.04. The van der Waals surface area contributed by atoms with Crippen LogP contribution in [0.3, 0.4) is 0 Å². The third-order valence-corrected chi connectivity index (χ3v) is 2.26. The second kappa shape index (κ2) is 5.23. The molecule has 0 aromatic heterocycles. The van der Waals surface area contributed by atoms with E-state index in [0.717, 1.165) is 6.42 Å². The molecule has 0 spiro atoms. The Labute approximate surface area is 82.9 Å². The fraction of sp³-hybridized carbons (Fsp3) is 0.667. The molecule has 0 heterocycles. The van der Waals surface area contributed by atoms with Gasteiger partial charge in [0.15, 0.2) is 0 Å². The first kappa shape index (κ1) is 12.4. The minimum Gasteiger partial charge on any atom is -0.317 e. The fourth-order valence-electron chi connectivity index (χ4n) is 0.782. The normalized spacial score (nSPS) is 14.8. The van der Waals surface area contributed by atoms with Crippen molar-refractivity contribution in [3.63, 3.8) is 0 Å². The van der Waals surface area contributed by atoms with E-state index in [1.165, 1.54) is 5.57 Å². The monoisotopic (exact) mass is 181 g/mol. The lowest BCUT2D eigenvalue weighted by Crippen LogP contribution is -2.19. The smallest absolute Gasteiger partial charge is 0.00703 e. The Morgan fingerprint density at radius 1 is 1.46 bits per heavy atom. The van der Waals surface area contributed by atoms with Gasteiger partial charge in [0.25, 0.3) is 0 Å². The average molecular weight is 181 g/mol. The third kappa shape index (κ3) is 5.64. The van der Waals surface area contributed by atoms with Crippen LogP contribution < -0.4 is 5.32 Å². The second-order valence-electron chi connectivity index (χ2n) is 4.60. The highest BCUT2D eigenvalue weighted by molar-refractivity contribution is 5.20. The Hall–Kier alpha value is -0.560. The van der Waals surface area contributed by atoms with Gasteiger partial charge in [0, 0.05) is 6.04 Å². The van der Waals surface area contributed by atoms with E-state index in [-0.39, 0.29) is 5.41 Å². The second-order valence-corrected chi connectivity index (χ2v) is 4.60. The molecule has 0 aromatic carbocycles. The van der Waals surface area contributed by atoms with E-state index in [1.807, 2.05) is 7.05 Å². The zero-order valence-corrected chi connectivity index (χ0v) is 9.65. The lowest BCUT2D eigenvalue weighted by Gasteiger charge is -2.18. The van der Waals surface area contributed by atoms with E-state index in [2.05, 4.69) is 51.7 Å². The number of hydrogen-bond acceptors (Lipinski definition) is 1. The van der Waals surface area contributed by atoms with Crippen LogP contribution in [0.1, 0.15) is 34.1 Å². The van der Waals surface area contributed by atoms with E-state index in [4.69, 9.17) is 0 Å². The number of hydrogen-bond donors (Lipinski definition) is 1. The molecule has 1 unspecified atom stereocenters. The summed E-state index contributed by atoms with van der Waals surface area (Å²) < 4.78 is 0. The zero-order valence-electron chi connectivity index (χ0n) is 9.65. The molecule has 0 saturated carbocycles. The standard InChI is InChI=1S/C12H23N/c1-10(12(3,4)5)8-7-9-11(2)13-6/h7-8,11,13H,1,9H2,2-6H3/b8-7-. The summed E-state index contributed by atoms with van der Waals surface area (Å²) in [4.78, 5) is 0. The van der Waals surface area contributed by atoms with Crippen molar-refractivity contribution in [1.29, 1.82) is 0 Å². The summed E-state index contributed by atoms with van der Waals surface area (Å²) in [5.74, 6) is 0. The molecule has 0 aromatic rings. The predicted octanol–water partition coefficient (Wildman–Crippen LogP) is 3.14. The highest BCUT2D eigenvalue weighted by atomic mass is 14.8. The van der Waals surface area contributed by atoms with Gasteiger partial charge in [-0.2, -0.15) is 0 Å². The van der Waals surface area contributed by atoms with Gasteiger partial charge >= 0.3 is 0 Å². The third-order valence-electron chi connectivity index (χ3n) is 2.26. The Bertz CT molecular complexity index is 184. The summed E-state index contributed by atoms with van der Waals surface area (Å²) in [7, 11) is 1.98. The maximum absolute atomic E-state index is 4.04. The Kier molecular flexibility index (Phi) is 5.01. The number of allylic oxidation sites excluding steroid dienone is 2. The fourth-order valence-corrected chi connectivity index (χ4v) is 0.782. The van der Waals surface area contributed by atoms with Crippen molar-refractivity contribution in [2.24, 2.45) is 5.41 Å². The van der Waals surface area contributed by atoms with Gasteiger partial charge in [-0.15, -0.1) is 0 Å². The average Bonchev–Trinajstić information content (AvgIpc) is 2.02. The van der Waals surface area contributed by atoms with Gasteiger partial charge < -0.3 is 5.32 Å². The molecule has 1 N–H and O–H groups in total. The zero-order chi connectivity index (χ0) is 10.5. The summed E-state index contributed by atoms with van der Waals surface area (Å²) in [6, 6.07) is 0.545. The molecule has 76 valence electrons. The molecule has 0 saturated heterocycles. The molecule has 0 amide bonds. The van der Waals surface area contributed by atoms with E-state index in [1.54, 1.807) is 0 Å². The quantitative estimate of drug-likeness (QED) is 0.657. The molecule has 1 nitrogen and oxygen atoms in total. The largest absolute Gasteiger partial charge is 0.317 e. The SMILES string of the molecule is C=C(/C=C\CC(C)NC)C(C)(C)C. The predicted molar refractivity (Wildman–Crippen MR) is 60.9 cm³/mol. The number of rotatable bonds is 4. The van der Waals surface area contributed by atoms with Crippen molar-refractivity contribution in [2.75, 3.05) is 7.05 Å². The van der Waals surface area contributed by atoms with Crippen LogP contribution in [0.5, 0.6) is 0 Å². The van der Waals surface area contributed by atoms with Gasteiger partial charge in [0.2, 0.25) is 0 Å². The molecule has 0 aliphatic rings. The van der Waals surface area contributed by atoms with E-state index in [9.17, 15) is 0 Å². The first-order valence-corrected chi connectivity index (χ1v) is 4.91. The van der Waals surface area contributed by atoms with E-state index in [0.29, 0.717) is 6.04 Å². The lowest BCUT2D eigenvalue weighted by atomic mass is 9.87. The van der Waals surface area contributed by atoms with Crippen molar-refractivity contribution in [3.05, 3.63) is 24.3 Å². The van der Waals surface area contributed by atoms with Crippen LogP contribution in [-0.4, -0.2) is 13.1 Å². The molecule has 0 rings (SSSR count). The Balaban J connectivity index is 3.93. The van der Waals surface area contributed by atoms with Gasteiger partial charge in [0.05, 0.1) is 0 Å². The molecule has 0 aliphatic heterocycles. The van der Waals surface area contributed by atoms with Gasteiger partial charge in [-0.3, -0.25) is 0 Å². The molecule has 0 aliphatic carbocycles.